The first-order chi connectivity index (χ1) is 12.0. The number of amides is 1. The van der Waals surface area contributed by atoms with E-state index in [1.165, 1.54) is 12.3 Å². The van der Waals surface area contributed by atoms with Gasteiger partial charge in [0.1, 0.15) is 5.69 Å². The van der Waals surface area contributed by atoms with Gasteiger partial charge in [-0.3, -0.25) is 19.9 Å². The number of hydrogen-bond donors (Lipinski definition) is 1. The van der Waals surface area contributed by atoms with Gasteiger partial charge in [-0.25, -0.2) is 0 Å². The van der Waals surface area contributed by atoms with Crippen molar-refractivity contribution in [2.45, 2.75) is 19.8 Å². The summed E-state index contributed by atoms with van der Waals surface area (Å²) >= 11 is 0. The van der Waals surface area contributed by atoms with E-state index in [2.05, 4.69) is 17.2 Å². The molecule has 3 rings (SSSR count). The Morgan fingerprint density at radius 1 is 1.32 bits per heavy atom. The fraction of sp³-hybridized carbons (Fsp3) is 0.333. The van der Waals surface area contributed by atoms with Gasteiger partial charge in [-0.05, 0) is 43.0 Å². The molecule has 1 aromatic carbocycles. The number of pyridine rings is 1. The van der Waals surface area contributed by atoms with Crippen LogP contribution < -0.4 is 10.2 Å². The number of nitrogens with one attached hydrogen (secondary N) is 1. The molecule has 1 saturated heterocycles. The lowest BCUT2D eigenvalue weighted by molar-refractivity contribution is -0.384. The first kappa shape index (κ1) is 16.9. The van der Waals surface area contributed by atoms with Crippen molar-refractivity contribution in [1.82, 2.24) is 4.98 Å². The number of piperidine rings is 1. The number of nitrogens with zero attached hydrogens (tertiary/aromatic N) is 3. The van der Waals surface area contributed by atoms with E-state index in [4.69, 9.17) is 0 Å². The zero-order chi connectivity index (χ0) is 17.8. The third-order valence-electron chi connectivity index (χ3n) is 4.48. The van der Waals surface area contributed by atoms with E-state index in [0.29, 0.717) is 17.3 Å². The lowest BCUT2D eigenvalue weighted by atomic mass is 9.98. The Bertz CT molecular complexity index is 771. The normalized spacial score (nSPS) is 15.0. The van der Waals surface area contributed by atoms with Crippen LogP contribution in [0.2, 0.25) is 0 Å². The average Bonchev–Trinajstić information content (AvgIpc) is 2.62. The minimum Gasteiger partial charge on any atom is -0.366 e. The molecule has 7 nitrogen and oxygen atoms in total. The van der Waals surface area contributed by atoms with Gasteiger partial charge >= 0.3 is 0 Å². The summed E-state index contributed by atoms with van der Waals surface area (Å²) in [6.07, 6.45) is 5.16. The number of carbonyl (C=O) groups is 1. The predicted molar refractivity (Wildman–Crippen MR) is 95.9 cm³/mol. The van der Waals surface area contributed by atoms with Crippen LogP contribution in [-0.2, 0) is 0 Å². The van der Waals surface area contributed by atoms with Gasteiger partial charge < -0.3 is 10.2 Å². The zero-order valence-electron chi connectivity index (χ0n) is 14.0. The summed E-state index contributed by atoms with van der Waals surface area (Å²) in [5.74, 6) is 0.245. The molecule has 0 radical (unpaired) electrons. The van der Waals surface area contributed by atoms with Crippen molar-refractivity contribution in [1.29, 1.82) is 0 Å². The number of benzene rings is 1. The van der Waals surface area contributed by atoms with Crippen LogP contribution in [0, 0.1) is 16.0 Å². The third kappa shape index (κ3) is 3.93. The molecule has 130 valence electrons. The topological polar surface area (TPSA) is 88.4 Å². The number of nitro groups is 1. The number of carbonyl (C=O) groups excluding carboxylic acids is 1. The lowest BCUT2D eigenvalue weighted by Gasteiger charge is -2.31. The van der Waals surface area contributed by atoms with Crippen LogP contribution in [0.1, 0.15) is 30.1 Å². The van der Waals surface area contributed by atoms with Crippen LogP contribution in [0.5, 0.6) is 0 Å². The lowest BCUT2D eigenvalue weighted by Crippen LogP contribution is -2.33. The standard InChI is InChI=1S/C18H20N4O3/c1-13-6-9-21(10-7-13)16-5-4-14(11-17(16)22(24)25)18(23)20-15-3-2-8-19-12-15/h2-5,8,11-13H,6-7,9-10H2,1H3,(H,20,23). The number of nitro benzene ring substituents is 1. The molecule has 1 aliphatic rings. The number of aromatic nitrogens is 1. The van der Waals surface area contributed by atoms with E-state index < -0.39 is 10.8 Å². The molecule has 1 fully saturated rings. The summed E-state index contributed by atoms with van der Waals surface area (Å²) < 4.78 is 0. The number of anilines is 2. The van der Waals surface area contributed by atoms with Gasteiger partial charge in [0, 0.05) is 30.9 Å². The van der Waals surface area contributed by atoms with E-state index in [9.17, 15) is 14.9 Å². The van der Waals surface area contributed by atoms with Gasteiger partial charge in [0.05, 0.1) is 16.8 Å². The first-order valence-electron chi connectivity index (χ1n) is 8.29. The predicted octanol–water partition coefficient (Wildman–Crippen LogP) is 3.48. The van der Waals surface area contributed by atoms with Crippen LogP contribution in [0.15, 0.2) is 42.7 Å². The Morgan fingerprint density at radius 3 is 2.72 bits per heavy atom. The molecule has 0 bridgehead atoms. The number of hydrogen-bond acceptors (Lipinski definition) is 5. The second-order valence-electron chi connectivity index (χ2n) is 6.33. The fourth-order valence-corrected chi connectivity index (χ4v) is 2.97. The fourth-order valence-electron chi connectivity index (χ4n) is 2.97. The maximum atomic E-state index is 12.3. The van der Waals surface area contributed by atoms with Crippen molar-refractivity contribution in [3.8, 4) is 0 Å². The molecule has 0 saturated carbocycles. The van der Waals surface area contributed by atoms with Crippen molar-refractivity contribution in [2.75, 3.05) is 23.3 Å². The van der Waals surface area contributed by atoms with E-state index in [0.717, 1.165) is 25.9 Å². The van der Waals surface area contributed by atoms with Crippen molar-refractivity contribution < 1.29 is 9.72 Å². The molecule has 7 heteroatoms. The Morgan fingerprint density at radius 2 is 2.08 bits per heavy atom. The Labute approximate surface area is 145 Å². The van der Waals surface area contributed by atoms with Crippen molar-refractivity contribution in [2.24, 2.45) is 5.92 Å². The second kappa shape index (κ2) is 7.29. The van der Waals surface area contributed by atoms with E-state index in [1.807, 2.05) is 4.90 Å². The third-order valence-corrected chi connectivity index (χ3v) is 4.48. The van der Waals surface area contributed by atoms with Gasteiger partial charge in [0.25, 0.3) is 11.6 Å². The molecule has 2 heterocycles. The van der Waals surface area contributed by atoms with Crippen molar-refractivity contribution >= 4 is 23.0 Å². The molecule has 25 heavy (non-hydrogen) atoms. The molecular weight excluding hydrogens is 320 g/mol. The summed E-state index contributed by atoms with van der Waals surface area (Å²) in [5.41, 5.74) is 1.34. The minimum atomic E-state index is -0.422. The summed E-state index contributed by atoms with van der Waals surface area (Å²) in [4.78, 5) is 29.4. The molecule has 2 aromatic rings. The molecule has 0 unspecified atom stereocenters. The summed E-state index contributed by atoms with van der Waals surface area (Å²) in [6, 6.07) is 8.07. The number of rotatable bonds is 4. The average molecular weight is 340 g/mol. The highest BCUT2D eigenvalue weighted by Crippen LogP contribution is 2.32. The summed E-state index contributed by atoms with van der Waals surface area (Å²) in [7, 11) is 0. The van der Waals surface area contributed by atoms with Gasteiger partial charge in [-0.15, -0.1) is 0 Å². The van der Waals surface area contributed by atoms with E-state index >= 15 is 0 Å². The van der Waals surface area contributed by atoms with E-state index in [1.54, 1.807) is 30.5 Å². The summed E-state index contributed by atoms with van der Waals surface area (Å²) in [5, 5.41) is 14.2. The van der Waals surface area contributed by atoms with Crippen LogP contribution >= 0.6 is 0 Å². The van der Waals surface area contributed by atoms with Crippen LogP contribution in [-0.4, -0.2) is 28.9 Å². The van der Waals surface area contributed by atoms with Gasteiger partial charge in [-0.1, -0.05) is 6.92 Å². The maximum Gasteiger partial charge on any atom is 0.293 e. The van der Waals surface area contributed by atoms with Gasteiger partial charge in [0.15, 0.2) is 0 Å². The second-order valence-corrected chi connectivity index (χ2v) is 6.33. The van der Waals surface area contributed by atoms with Crippen molar-refractivity contribution in [3.63, 3.8) is 0 Å². The highest BCUT2D eigenvalue weighted by molar-refractivity contribution is 6.05. The smallest absolute Gasteiger partial charge is 0.293 e. The molecule has 1 N–H and O–H groups in total. The SMILES string of the molecule is CC1CCN(c2ccc(C(=O)Nc3cccnc3)cc2[N+](=O)[O-])CC1. The highest BCUT2D eigenvalue weighted by Gasteiger charge is 2.24. The van der Waals surface area contributed by atoms with Gasteiger partial charge in [-0.2, -0.15) is 0 Å². The van der Waals surface area contributed by atoms with E-state index in [-0.39, 0.29) is 11.3 Å². The van der Waals surface area contributed by atoms with Crippen LogP contribution in [0.25, 0.3) is 0 Å². The monoisotopic (exact) mass is 340 g/mol. The molecule has 0 spiro atoms. The van der Waals surface area contributed by atoms with Crippen molar-refractivity contribution in [3.05, 3.63) is 58.4 Å². The molecule has 0 aliphatic carbocycles. The minimum absolute atomic E-state index is 0.0339. The molecule has 0 atom stereocenters. The van der Waals surface area contributed by atoms with Crippen LogP contribution in [0.4, 0.5) is 17.1 Å². The largest absolute Gasteiger partial charge is 0.366 e. The zero-order valence-corrected chi connectivity index (χ0v) is 14.0. The highest BCUT2D eigenvalue weighted by atomic mass is 16.6. The first-order valence-corrected chi connectivity index (χ1v) is 8.29. The maximum absolute atomic E-state index is 12.3. The molecular formula is C18H20N4O3. The Balaban J connectivity index is 1.83. The Hall–Kier alpha value is -2.96. The van der Waals surface area contributed by atoms with Crippen LogP contribution in [0.3, 0.4) is 0 Å². The molecule has 1 aliphatic heterocycles. The Kier molecular flexibility index (Phi) is 4.92. The quantitative estimate of drug-likeness (QED) is 0.680. The molecule has 1 aromatic heterocycles. The van der Waals surface area contributed by atoms with Gasteiger partial charge in [0.2, 0.25) is 0 Å². The summed E-state index contributed by atoms with van der Waals surface area (Å²) in [6.45, 7) is 3.78. The molecule has 1 amide bonds.